The highest BCUT2D eigenvalue weighted by Gasteiger charge is 2.14. The first-order chi connectivity index (χ1) is 13.6. The van der Waals surface area contributed by atoms with Crippen molar-refractivity contribution in [2.75, 3.05) is 6.54 Å². The summed E-state index contributed by atoms with van der Waals surface area (Å²) >= 11 is 1.29. The van der Waals surface area contributed by atoms with Crippen LogP contribution in [-0.4, -0.2) is 34.7 Å². The third kappa shape index (κ3) is 4.93. The molecule has 0 spiro atoms. The largest absolute Gasteiger partial charge is 0.489 e. The Morgan fingerprint density at radius 1 is 1.11 bits per heavy atom. The number of hydrogen-bond donors (Lipinski definition) is 3. The molecule has 0 bridgehead atoms. The molecule has 0 unspecified atom stereocenters. The number of nitrogens with one attached hydrogen (secondary N) is 2. The topological polar surface area (TPSA) is 101 Å². The number of aromatic nitrogens is 1. The van der Waals surface area contributed by atoms with E-state index >= 15 is 0 Å². The standard InChI is InChI=1S/C20H19N3O4S/c1-13(27-16-9-7-15(8-10-16)18(24)23-26)11-21-19(25)20-22-17(12-28-20)14-5-3-2-4-6-14/h2-10,12-13,26H,11H2,1H3,(H,21,25)(H,23,24)/t13-/m0/s1. The molecule has 0 aliphatic heterocycles. The summed E-state index contributed by atoms with van der Waals surface area (Å²) in [7, 11) is 0. The van der Waals surface area contributed by atoms with Crippen molar-refractivity contribution in [2.24, 2.45) is 0 Å². The highest BCUT2D eigenvalue weighted by atomic mass is 32.1. The van der Waals surface area contributed by atoms with Crippen LogP contribution in [0.4, 0.5) is 0 Å². The van der Waals surface area contributed by atoms with Crippen molar-refractivity contribution in [1.29, 1.82) is 0 Å². The molecule has 2 aromatic carbocycles. The summed E-state index contributed by atoms with van der Waals surface area (Å²) in [6.07, 6.45) is -0.282. The summed E-state index contributed by atoms with van der Waals surface area (Å²) in [4.78, 5) is 28.0. The number of rotatable bonds is 7. The second-order valence-electron chi connectivity index (χ2n) is 6.01. The van der Waals surface area contributed by atoms with Crippen LogP contribution in [0.2, 0.25) is 0 Å². The Morgan fingerprint density at radius 3 is 2.50 bits per heavy atom. The van der Waals surface area contributed by atoms with Gasteiger partial charge in [-0.05, 0) is 31.2 Å². The minimum Gasteiger partial charge on any atom is -0.489 e. The maximum atomic E-state index is 12.3. The molecule has 0 aliphatic carbocycles. The van der Waals surface area contributed by atoms with Crippen molar-refractivity contribution in [3.63, 3.8) is 0 Å². The second kappa shape index (κ2) is 9.12. The van der Waals surface area contributed by atoms with E-state index in [1.165, 1.54) is 23.5 Å². The van der Waals surface area contributed by atoms with E-state index < -0.39 is 5.91 Å². The fourth-order valence-electron chi connectivity index (χ4n) is 2.45. The van der Waals surface area contributed by atoms with Crippen LogP contribution in [-0.2, 0) is 0 Å². The first-order valence-electron chi connectivity index (χ1n) is 8.57. The van der Waals surface area contributed by atoms with Crippen LogP contribution in [0.3, 0.4) is 0 Å². The van der Waals surface area contributed by atoms with E-state index in [1.54, 1.807) is 17.6 Å². The number of carbonyl (C=O) groups is 2. The molecule has 1 aromatic heterocycles. The van der Waals surface area contributed by atoms with Gasteiger partial charge in [-0.2, -0.15) is 0 Å². The van der Waals surface area contributed by atoms with Crippen molar-refractivity contribution in [3.8, 4) is 17.0 Å². The summed E-state index contributed by atoms with van der Waals surface area (Å²) in [5.41, 5.74) is 3.62. The molecule has 0 aliphatic rings. The first-order valence-corrected chi connectivity index (χ1v) is 9.45. The lowest BCUT2D eigenvalue weighted by atomic mass is 10.2. The molecule has 2 amide bonds. The lowest BCUT2D eigenvalue weighted by Crippen LogP contribution is -2.33. The number of benzene rings is 2. The van der Waals surface area contributed by atoms with Gasteiger partial charge in [0.1, 0.15) is 11.9 Å². The molecule has 1 atom stereocenters. The first kappa shape index (κ1) is 19.5. The highest BCUT2D eigenvalue weighted by Crippen LogP contribution is 2.21. The zero-order valence-corrected chi connectivity index (χ0v) is 15.9. The monoisotopic (exact) mass is 397 g/mol. The van der Waals surface area contributed by atoms with Gasteiger partial charge in [0.25, 0.3) is 11.8 Å². The molecule has 144 valence electrons. The Bertz CT molecular complexity index is 942. The predicted octanol–water partition coefficient (Wildman–Crippen LogP) is 3.13. The Kier molecular flexibility index (Phi) is 6.36. The van der Waals surface area contributed by atoms with E-state index in [2.05, 4.69) is 10.3 Å². The zero-order chi connectivity index (χ0) is 19.9. The van der Waals surface area contributed by atoms with Crippen molar-refractivity contribution in [3.05, 3.63) is 70.5 Å². The van der Waals surface area contributed by atoms with Gasteiger partial charge in [0.05, 0.1) is 12.2 Å². The molecule has 0 radical (unpaired) electrons. The van der Waals surface area contributed by atoms with Crippen molar-refractivity contribution in [2.45, 2.75) is 13.0 Å². The van der Waals surface area contributed by atoms with Crippen LogP contribution >= 0.6 is 11.3 Å². The van der Waals surface area contributed by atoms with Gasteiger partial charge in [-0.15, -0.1) is 11.3 Å². The maximum Gasteiger partial charge on any atom is 0.280 e. The highest BCUT2D eigenvalue weighted by molar-refractivity contribution is 7.12. The van der Waals surface area contributed by atoms with Gasteiger partial charge in [0.15, 0.2) is 5.01 Å². The number of hydroxylamine groups is 1. The van der Waals surface area contributed by atoms with E-state index in [0.29, 0.717) is 22.9 Å². The normalized spacial score (nSPS) is 11.5. The lowest BCUT2D eigenvalue weighted by Gasteiger charge is -2.15. The molecule has 1 heterocycles. The van der Waals surface area contributed by atoms with Gasteiger partial charge in [0.2, 0.25) is 0 Å². The third-order valence-corrected chi connectivity index (χ3v) is 4.71. The summed E-state index contributed by atoms with van der Waals surface area (Å²) in [5, 5.41) is 13.7. The molecule has 0 saturated carbocycles. The lowest BCUT2D eigenvalue weighted by molar-refractivity contribution is 0.0706. The number of nitrogens with zero attached hydrogens (tertiary/aromatic N) is 1. The Balaban J connectivity index is 1.52. The summed E-state index contributed by atoms with van der Waals surface area (Å²) in [5.74, 6) is -0.292. The molecule has 28 heavy (non-hydrogen) atoms. The van der Waals surface area contributed by atoms with E-state index in [9.17, 15) is 9.59 Å². The Morgan fingerprint density at radius 2 is 1.82 bits per heavy atom. The molecular formula is C20H19N3O4S. The molecule has 8 heteroatoms. The quantitative estimate of drug-likeness (QED) is 0.420. The van der Waals surface area contributed by atoms with Gasteiger partial charge in [-0.1, -0.05) is 30.3 Å². The Hall–Kier alpha value is -3.23. The summed E-state index contributed by atoms with van der Waals surface area (Å²) < 4.78 is 5.72. The number of amides is 2. The maximum absolute atomic E-state index is 12.3. The van der Waals surface area contributed by atoms with Gasteiger partial charge in [0, 0.05) is 16.5 Å². The fourth-order valence-corrected chi connectivity index (χ4v) is 3.20. The molecule has 7 nitrogen and oxygen atoms in total. The van der Waals surface area contributed by atoms with E-state index in [-0.39, 0.29) is 12.0 Å². The fraction of sp³-hybridized carbons (Fsp3) is 0.150. The minimum atomic E-state index is -0.592. The molecule has 0 saturated heterocycles. The predicted molar refractivity (Wildman–Crippen MR) is 106 cm³/mol. The number of carbonyl (C=O) groups excluding carboxylic acids is 2. The second-order valence-corrected chi connectivity index (χ2v) is 6.87. The van der Waals surface area contributed by atoms with E-state index in [0.717, 1.165) is 11.3 Å². The van der Waals surface area contributed by atoms with Crippen LogP contribution in [0.25, 0.3) is 11.3 Å². The SMILES string of the molecule is C[C@@H](CNC(=O)c1nc(-c2ccccc2)cs1)Oc1ccc(C(=O)NO)cc1. The number of hydrogen-bond acceptors (Lipinski definition) is 6. The van der Waals surface area contributed by atoms with Crippen LogP contribution in [0.5, 0.6) is 5.75 Å². The molecule has 0 fully saturated rings. The average molecular weight is 397 g/mol. The third-order valence-electron chi connectivity index (χ3n) is 3.87. The van der Waals surface area contributed by atoms with Gasteiger partial charge >= 0.3 is 0 Å². The molecule has 3 rings (SSSR count). The van der Waals surface area contributed by atoms with Crippen molar-refractivity contribution < 1.29 is 19.5 Å². The van der Waals surface area contributed by atoms with Crippen molar-refractivity contribution in [1.82, 2.24) is 15.8 Å². The van der Waals surface area contributed by atoms with E-state index in [1.807, 2.05) is 42.6 Å². The van der Waals surface area contributed by atoms with Crippen molar-refractivity contribution >= 4 is 23.2 Å². The summed E-state index contributed by atoms with van der Waals surface area (Å²) in [6.45, 7) is 2.13. The van der Waals surface area contributed by atoms with Gasteiger partial charge in [-0.3, -0.25) is 14.8 Å². The van der Waals surface area contributed by atoms with Gasteiger partial charge < -0.3 is 10.1 Å². The molecular weight excluding hydrogens is 378 g/mol. The van der Waals surface area contributed by atoms with Crippen LogP contribution < -0.4 is 15.5 Å². The Labute approximate surface area is 166 Å². The average Bonchev–Trinajstić information content (AvgIpc) is 3.23. The summed E-state index contributed by atoms with van der Waals surface area (Å²) in [6, 6.07) is 16.0. The number of ether oxygens (including phenoxy) is 1. The minimum absolute atomic E-state index is 0.252. The van der Waals surface area contributed by atoms with Crippen LogP contribution in [0, 0.1) is 0 Å². The zero-order valence-electron chi connectivity index (χ0n) is 15.1. The smallest absolute Gasteiger partial charge is 0.280 e. The number of thiazole rings is 1. The van der Waals surface area contributed by atoms with E-state index in [4.69, 9.17) is 9.94 Å². The molecule has 3 N–H and O–H groups in total. The van der Waals surface area contributed by atoms with Crippen LogP contribution in [0.1, 0.15) is 27.1 Å². The molecule has 3 aromatic rings. The van der Waals surface area contributed by atoms with Crippen LogP contribution in [0.15, 0.2) is 60.0 Å². The van der Waals surface area contributed by atoms with Gasteiger partial charge in [-0.25, -0.2) is 10.5 Å².